The number of amides is 3. The van der Waals surface area contributed by atoms with Gasteiger partial charge in [-0.2, -0.15) is 0 Å². The van der Waals surface area contributed by atoms with Crippen LogP contribution in [-0.2, 0) is 19.1 Å². The van der Waals surface area contributed by atoms with E-state index in [0.717, 1.165) is 58.2 Å². The predicted molar refractivity (Wildman–Crippen MR) is 145 cm³/mol. The van der Waals surface area contributed by atoms with E-state index in [1.54, 1.807) is 29.2 Å². The Balaban J connectivity index is 1.26. The molecule has 1 aromatic carbocycles. The van der Waals surface area contributed by atoms with Crippen LogP contribution in [0.1, 0.15) is 51.4 Å². The highest BCUT2D eigenvalue weighted by molar-refractivity contribution is 6.30. The third kappa shape index (κ3) is 4.65. The van der Waals surface area contributed by atoms with E-state index in [0.29, 0.717) is 17.3 Å². The number of hydrogen-bond donors (Lipinski definition) is 2. The Morgan fingerprint density at radius 2 is 1.68 bits per heavy atom. The minimum absolute atomic E-state index is 0.123. The van der Waals surface area contributed by atoms with Gasteiger partial charge < -0.3 is 25.2 Å². The molecule has 4 fully saturated rings. The fourth-order valence-corrected chi connectivity index (χ4v) is 7.35. The highest BCUT2D eigenvalue weighted by Gasteiger charge is 2.72. The Bertz CT molecular complexity index is 1100. The van der Waals surface area contributed by atoms with Gasteiger partial charge in [-0.3, -0.25) is 14.4 Å². The third-order valence-corrected chi connectivity index (χ3v) is 9.35. The molecule has 1 aromatic rings. The quantitative estimate of drug-likeness (QED) is 0.518. The van der Waals surface area contributed by atoms with Gasteiger partial charge in [-0.1, -0.05) is 49.4 Å². The standard InChI is InChI=1S/C29H37ClN4O4/c30-19-9-11-21(12-10-19)31-26(35)23-22-13-14-29(38-22)24(23)28(37)34(18-17-33-15-5-2-6-16-33)25(29)27(36)32-20-7-3-1-4-8-20/h9-14,20,22-25H,1-8,15-18H2,(H,31,35)(H,32,36)/t22-,23?,24-,25?,29?/m0/s1. The summed E-state index contributed by atoms with van der Waals surface area (Å²) >= 11 is 6.00. The minimum atomic E-state index is -1.12. The van der Waals surface area contributed by atoms with Crippen LogP contribution in [0.25, 0.3) is 0 Å². The van der Waals surface area contributed by atoms with E-state index in [2.05, 4.69) is 15.5 Å². The van der Waals surface area contributed by atoms with Crippen molar-refractivity contribution >= 4 is 35.0 Å². The van der Waals surface area contributed by atoms with Gasteiger partial charge in [0.2, 0.25) is 17.7 Å². The molecule has 204 valence electrons. The fraction of sp³-hybridized carbons (Fsp3) is 0.621. The second-order valence-electron chi connectivity index (χ2n) is 11.5. The van der Waals surface area contributed by atoms with Crippen LogP contribution in [0.2, 0.25) is 5.02 Å². The van der Waals surface area contributed by atoms with Crippen molar-refractivity contribution in [1.29, 1.82) is 0 Å². The molecule has 3 amide bonds. The van der Waals surface area contributed by atoms with E-state index < -0.39 is 29.6 Å². The van der Waals surface area contributed by atoms with Crippen LogP contribution < -0.4 is 10.6 Å². The van der Waals surface area contributed by atoms with E-state index in [1.165, 1.54) is 12.8 Å². The van der Waals surface area contributed by atoms with Gasteiger partial charge in [0.05, 0.1) is 17.9 Å². The molecule has 0 radical (unpaired) electrons. The van der Waals surface area contributed by atoms with Crippen LogP contribution in [0, 0.1) is 11.8 Å². The summed E-state index contributed by atoms with van der Waals surface area (Å²) < 4.78 is 6.46. The molecule has 4 aliphatic heterocycles. The smallest absolute Gasteiger partial charge is 0.246 e. The molecule has 5 aliphatic rings. The first-order valence-electron chi connectivity index (χ1n) is 14.2. The Morgan fingerprint density at radius 3 is 2.42 bits per heavy atom. The highest BCUT2D eigenvalue weighted by Crippen LogP contribution is 2.55. The molecule has 6 rings (SSSR count). The molecule has 2 bridgehead atoms. The maximum Gasteiger partial charge on any atom is 0.246 e. The average Bonchev–Trinajstić information content (AvgIpc) is 3.57. The molecule has 2 N–H and O–H groups in total. The average molecular weight is 541 g/mol. The van der Waals surface area contributed by atoms with Crippen molar-refractivity contribution < 1.29 is 19.1 Å². The minimum Gasteiger partial charge on any atom is -0.359 e. The number of fused-ring (bicyclic) bond motifs is 1. The Kier molecular flexibility index (Phi) is 7.22. The molecule has 38 heavy (non-hydrogen) atoms. The van der Waals surface area contributed by atoms with Gasteiger partial charge in [-0.15, -0.1) is 0 Å². The van der Waals surface area contributed by atoms with Crippen molar-refractivity contribution in [1.82, 2.24) is 15.1 Å². The molecule has 3 unspecified atom stereocenters. The Hall–Kier alpha value is -2.42. The number of piperidine rings is 1. The third-order valence-electron chi connectivity index (χ3n) is 9.09. The van der Waals surface area contributed by atoms with E-state index >= 15 is 0 Å². The molecule has 4 heterocycles. The van der Waals surface area contributed by atoms with Crippen molar-refractivity contribution in [2.75, 3.05) is 31.5 Å². The predicted octanol–water partition coefficient (Wildman–Crippen LogP) is 3.36. The molecule has 5 atom stereocenters. The van der Waals surface area contributed by atoms with Crippen molar-refractivity contribution in [3.8, 4) is 0 Å². The lowest BCUT2D eigenvalue weighted by Gasteiger charge is -2.35. The number of ether oxygens (including phenoxy) is 1. The molecular weight excluding hydrogens is 504 g/mol. The van der Waals surface area contributed by atoms with Crippen LogP contribution in [0.3, 0.4) is 0 Å². The molecule has 9 heteroatoms. The number of carbonyl (C=O) groups is 3. The van der Waals surface area contributed by atoms with E-state index in [-0.39, 0.29) is 23.8 Å². The number of rotatable bonds is 7. The number of likely N-dealkylation sites (tertiary alicyclic amines) is 2. The van der Waals surface area contributed by atoms with Gasteiger partial charge in [0.15, 0.2) is 0 Å². The fourth-order valence-electron chi connectivity index (χ4n) is 7.23. The molecule has 1 saturated carbocycles. The van der Waals surface area contributed by atoms with Crippen molar-refractivity contribution in [3.63, 3.8) is 0 Å². The van der Waals surface area contributed by atoms with Gasteiger partial charge in [0.1, 0.15) is 11.6 Å². The number of nitrogens with zero attached hydrogens (tertiary/aromatic N) is 2. The number of anilines is 1. The Morgan fingerprint density at radius 1 is 0.974 bits per heavy atom. The first-order chi connectivity index (χ1) is 18.5. The lowest BCUT2D eigenvalue weighted by atomic mass is 9.74. The summed E-state index contributed by atoms with van der Waals surface area (Å²) in [7, 11) is 0. The molecule has 1 aliphatic carbocycles. The molecular formula is C29H37ClN4O4. The summed E-state index contributed by atoms with van der Waals surface area (Å²) in [4.78, 5) is 45.6. The lowest BCUT2D eigenvalue weighted by molar-refractivity contribution is -0.141. The summed E-state index contributed by atoms with van der Waals surface area (Å²) in [5, 5.41) is 6.78. The number of nitrogens with one attached hydrogen (secondary N) is 2. The van der Waals surface area contributed by atoms with Gasteiger partial charge in [-0.05, 0) is 63.0 Å². The van der Waals surface area contributed by atoms with Gasteiger partial charge in [0, 0.05) is 29.8 Å². The summed E-state index contributed by atoms with van der Waals surface area (Å²) in [6.45, 7) is 3.20. The van der Waals surface area contributed by atoms with E-state index in [4.69, 9.17) is 16.3 Å². The second kappa shape index (κ2) is 10.6. The van der Waals surface area contributed by atoms with Gasteiger partial charge >= 0.3 is 0 Å². The lowest BCUT2D eigenvalue weighted by Crippen LogP contribution is -2.57. The van der Waals surface area contributed by atoms with E-state index in [9.17, 15) is 14.4 Å². The monoisotopic (exact) mass is 540 g/mol. The molecule has 8 nitrogen and oxygen atoms in total. The van der Waals surface area contributed by atoms with Crippen molar-refractivity contribution in [2.45, 2.75) is 75.2 Å². The maximum atomic E-state index is 14.1. The molecule has 1 spiro atoms. The van der Waals surface area contributed by atoms with Gasteiger partial charge in [0.25, 0.3) is 0 Å². The number of hydrogen-bond acceptors (Lipinski definition) is 5. The van der Waals surface area contributed by atoms with Crippen LogP contribution in [0.5, 0.6) is 0 Å². The van der Waals surface area contributed by atoms with E-state index in [1.807, 2.05) is 12.2 Å². The first kappa shape index (κ1) is 25.8. The largest absolute Gasteiger partial charge is 0.359 e. The zero-order valence-corrected chi connectivity index (χ0v) is 22.5. The summed E-state index contributed by atoms with van der Waals surface area (Å²) in [5.74, 6) is -2.02. The summed E-state index contributed by atoms with van der Waals surface area (Å²) in [6.07, 6.45) is 12.1. The summed E-state index contributed by atoms with van der Waals surface area (Å²) in [5.41, 5.74) is -0.510. The number of carbonyl (C=O) groups excluding carboxylic acids is 3. The van der Waals surface area contributed by atoms with Gasteiger partial charge in [-0.25, -0.2) is 0 Å². The summed E-state index contributed by atoms with van der Waals surface area (Å²) in [6, 6.07) is 6.25. The number of halogens is 1. The zero-order chi connectivity index (χ0) is 26.3. The van der Waals surface area contributed by atoms with Crippen molar-refractivity contribution in [2.24, 2.45) is 11.8 Å². The van der Waals surface area contributed by atoms with Crippen LogP contribution in [-0.4, -0.2) is 77.5 Å². The SMILES string of the molecule is O=C(Nc1ccc(Cl)cc1)C1[C@@H]2C=CC3(O2)C(C(=O)NC2CCCCC2)N(CCN2CCCCC2)C(=O)[C@H]13. The molecule has 3 saturated heterocycles. The number of benzene rings is 1. The van der Waals surface area contributed by atoms with Crippen molar-refractivity contribution in [3.05, 3.63) is 41.4 Å². The highest BCUT2D eigenvalue weighted by atomic mass is 35.5. The molecule has 0 aromatic heterocycles. The second-order valence-corrected chi connectivity index (χ2v) is 11.9. The van der Waals surface area contributed by atoms with Crippen LogP contribution in [0.15, 0.2) is 36.4 Å². The van der Waals surface area contributed by atoms with Crippen LogP contribution >= 0.6 is 11.6 Å². The zero-order valence-electron chi connectivity index (χ0n) is 21.7. The topological polar surface area (TPSA) is 91.0 Å². The maximum absolute atomic E-state index is 14.1. The Labute approximate surface area is 229 Å². The normalized spacial score (nSPS) is 33.0. The first-order valence-corrected chi connectivity index (χ1v) is 14.6. The van der Waals surface area contributed by atoms with Crippen LogP contribution in [0.4, 0.5) is 5.69 Å².